The summed E-state index contributed by atoms with van der Waals surface area (Å²) >= 11 is 0. The molecule has 2 bridgehead atoms. The highest BCUT2D eigenvalue weighted by Gasteiger charge is 2.65. The van der Waals surface area contributed by atoms with E-state index in [1.165, 1.54) is 19.9 Å². The minimum absolute atomic E-state index is 0.00196. The molecule has 6 saturated heterocycles. The molecule has 0 aromatic rings. The zero-order chi connectivity index (χ0) is 67.5. The Hall–Kier alpha value is -5.07. The zero-order valence-electron chi connectivity index (χ0n) is 55.4. The molecule has 10 rings (SSSR count). The quantitative estimate of drug-likeness (QED) is 0.0240. The molecule has 518 valence electrons. The van der Waals surface area contributed by atoms with Gasteiger partial charge in [-0.05, 0) is 109 Å². The van der Waals surface area contributed by atoms with Crippen LogP contribution in [0.5, 0.6) is 0 Å². The summed E-state index contributed by atoms with van der Waals surface area (Å²) in [6, 6.07) is -1.12. The monoisotopic (exact) mass is 1310 g/mol. The summed E-state index contributed by atoms with van der Waals surface area (Å²) in [6.45, 7) is 21.0. The van der Waals surface area contributed by atoms with E-state index < -0.39 is 210 Å². The fraction of sp³-hybridized carbons (Fsp3) is 0.776. The summed E-state index contributed by atoms with van der Waals surface area (Å²) in [5, 5.41) is 62.0. The maximum absolute atomic E-state index is 15.6. The number of nitrogens with one attached hydrogen (secondary N) is 1. The molecule has 93 heavy (non-hydrogen) atoms. The van der Waals surface area contributed by atoms with Gasteiger partial charge in [0.1, 0.15) is 35.9 Å². The van der Waals surface area contributed by atoms with Crippen molar-refractivity contribution in [2.24, 2.45) is 40.9 Å². The van der Waals surface area contributed by atoms with Gasteiger partial charge in [-0.25, -0.2) is 9.59 Å². The summed E-state index contributed by atoms with van der Waals surface area (Å²) in [6.07, 6.45) is -4.21. The van der Waals surface area contributed by atoms with Crippen molar-refractivity contribution in [1.82, 2.24) is 5.32 Å². The summed E-state index contributed by atoms with van der Waals surface area (Å²) in [4.78, 5) is 80.4. The molecule has 5 N–H and O–H groups in total. The van der Waals surface area contributed by atoms with Crippen LogP contribution in [0.2, 0.25) is 0 Å². The number of rotatable bonds is 14. The molecule has 6 aliphatic heterocycles. The first-order chi connectivity index (χ1) is 43.9. The first kappa shape index (κ1) is 70.7. The molecule has 0 radical (unpaired) electrons. The van der Waals surface area contributed by atoms with Gasteiger partial charge in [0, 0.05) is 68.1 Å². The van der Waals surface area contributed by atoms with Crippen LogP contribution in [-0.4, -0.2) is 197 Å². The van der Waals surface area contributed by atoms with Crippen molar-refractivity contribution in [3.05, 3.63) is 68.5 Å². The van der Waals surface area contributed by atoms with Crippen LogP contribution in [0.1, 0.15) is 147 Å². The van der Waals surface area contributed by atoms with Crippen molar-refractivity contribution in [3.63, 3.8) is 0 Å². The molecule has 4 aliphatic carbocycles. The minimum Gasteiger partial charge on any atom is -0.511 e. The van der Waals surface area contributed by atoms with Crippen LogP contribution in [0.4, 0.5) is 4.79 Å². The molecule has 26 nitrogen and oxygen atoms in total. The van der Waals surface area contributed by atoms with Crippen LogP contribution >= 0.6 is 0 Å². The van der Waals surface area contributed by atoms with Gasteiger partial charge in [0.2, 0.25) is 11.3 Å². The molecule has 1 saturated carbocycles. The van der Waals surface area contributed by atoms with E-state index in [0.717, 1.165) is 7.11 Å². The molecular formula is C67H96N2O24. The lowest BCUT2D eigenvalue weighted by molar-refractivity contribution is -0.584. The summed E-state index contributed by atoms with van der Waals surface area (Å²) in [5.74, 6) is -6.46. The standard InChI is InChI=1S/C67H96N2O24/c1-30-14-18-47(88-54-28-65(11,69(79)80)60(38(9)86-54)68-64(78)81-13)31(2)23-43-45(73)24-40(29-70)27-67(43)62(76)55(63(77)93-67)61(75)66(12)42(30)16-15-41-56(66)32(3)22-33(4)57(41)92-53-26-49(59(37(8)85-53)87-39(10)71)90-50-21-19-48(35(6)83-50)89-52-25-46(74)58(36(7)84-52)91-51-20-17-44(72)34(5)82-51/h14-16,23-24,29,32-38,41-54,56-60,72-75H,17-22,25-28H2,1-13H3,(H,68,78)/b30-14+,31-23+,61-55?/t32-,33-,34-,35-,36-,37-,38+,41-,42-,43+,44+,45-,46+,47-,48?,49+,50-,51-,52-,53-,54-,56+,57?,58?,59-,60?,65-,66+,67?/m0/s1. The number of Topliss-reactive ketones (excluding diaryl/α,β-unsaturated/α-hetero) is 1. The van der Waals surface area contributed by atoms with Gasteiger partial charge < -0.3 is 87.3 Å². The second-order valence-corrected chi connectivity index (χ2v) is 28.2. The molecule has 7 fully saturated rings. The highest BCUT2D eigenvalue weighted by Crippen LogP contribution is 2.61. The second-order valence-electron chi connectivity index (χ2n) is 28.2. The number of fused-ring (bicyclic) bond motifs is 4. The molecule has 5 unspecified atom stereocenters. The van der Waals surface area contributed by atoms with Gasteiger partial charge in [0.25, 0.3) is 0 Å². The summed E-state index contributed by atoms with van der Waals surface area (Å²) in [7, 11) is 1.15. The maximum atomic E-state index is 15.6. The normalized spacial score (nSPS) is 47.4. The highest BCUT2D eigenvalue weighted by atomic mass is 16.8. The van der Waals surface area contributed by atoms with Crippen molar-refractivity contribution >= 4 is 30.1 Å². The van der Waals surface area contributed by atoms with Crippen LogP contribution < -0.4 is 5.32 Å². The highest BCUT2D eigenvalue weighted by molar-refractivity contribution is 6.26. The molecule has 1 spiro atoms. The predicted octanol–water partition coefficient (Wildman–Crippen LogP) is 6.36. The molecule has 29 atom stereocenters. The van der Waals surface area contributed by atoms with E-state index in [4.69, 9.17) is 61.6 Å². The Balaban J connectivity index is 0.904. The average Bonchev–Trinajstić information content (AvgIpc) is 1.68. The van der Waals surface area contributed by atoms with Gasteiger partial charge in [-0.2, -0.15) is 0 Å². The first-order valence-electron chi connectivity index (χ1n) is 33.1. The van der Waals surface area contributed by atoms with Gasteiger partial charge >= 0.3 is 18.0 Å². The zero-order valence-corrected chi connectivity index (χ0v) is 55.4. The summed E-state index contributed by atoms with van der Waals surface area (Å²) < 4.78 is 81.5. The Bertz CT molecular complexity index is 2960. The van der Waals surface area contributed by atoms with Crippen molar-refractivity contribution in [3.8, 4) is 0 Å². The van der Waals surface area contributed by atoms with E-state index in [2.05, 4.69) is 25.2 Å². The number of aliphatic hydroxyl groups is 4. The fourth-order valence-electron chi connectivity index (χ4n) is 16.9. The van der Waals surface area contributed by atoms with Crippen LogP contribution in [0.3, 0.4) is 0 Å². The van der Waals surface area contributed by atoms with Crippen molar-refractivity contribution < 1.29 is 111 Å². The fourth-order valence-corrected chi connectivity index (χ4v) is 16.9. The topological polar surface area (TPSA) is 341 Å². The van der Waals surface area contributed by atoms with E-state index in [0.29, 0.717) is 49.5 Å². The lowest BCUT2D eigenvalue weighted by Gasteiger charge is -2.56. The number of ether oxygens (including phenoxy) is 13. The first-order valence-corrected chi connectivity index (χ1v) is 33.1. The Kier molecular flexibility index (Phi) is 21.4. The minimum atomic E-state index is -2.20. The number of methoxy groups -OCH3 is 1. The van der Waals surface area contributed by atoms with Crippen LogP contribution in [-0.2, 0) is 80.8 Å². The van der Waals surface area contributed by atoms with Crippen molar-refractivity contribution in [1.29, 1.82) is 0 Å². The number of hydrogen-bond donors (Lipinski definition) is 5. The van der Waals surface area contributed by atoms with Gasteiger partial charge in [-0.3, -0.25) is 24.5 Å². The number of carbonyl (C=O) groups excluding carboxylic acids is 5. The Morgan fingerprint density at radius 2 is 1.35 bits per heavy atom. The smallest absolute Gasteiger partial charge is 0.407 e. The number of hydrogen-bond acceptors (Lipinski definition) is 24. The maximum Gasteiger partial charge on any atom is 0.407 e. The summed E-state index contributed by atoms with van der Waals surface area (Å²) in [5.41, 5.74) is -4.91. The number of ketones is 1. The molecule has 26 heteroatoms. The van der Waals surface area contributed by atoms with Crippen LogP contribution in [0, 0.1) is 51.0 Å². The van der Waals surface area contributed by atoms with E-state index in [9.17, 15) is 49.7 Å². The number of nitro groups is 1. The number of allylic oxidation sites excluding steroid dienone is 3. The molecule has 10 aliphatic rings. The molecular weight excluding hydrogens is 1220 g/mol. The number of alkyl carbamates (subject to hydrolysis) is 1. The Morgan fingerprint density at radius 1 is 0.720 bits per heavy atom. The SMILES string of the molecule is COC(=O)NC1[C@@H](C)O[C@@H](O[C@H]2C/C=C(\C)[C@@H]3C=C[C@@H]4C(O[C@H]5C[C@@H](O[C@H]6CCC(O[C@H]7C[C@@H](O)C(O[C@H]8CC[C@@H](O)[C@H](C)O8)[C@H](C)O7)[C@H](C)O6)[C@@H](OC(C)=O)[C@H](C)O5)[C@@H](C)C[C@H](C)[C@H]4[C@]3(C)C(O)=C3C(=O)OC4(CC(C=O)=C[C@H](O)[C@H]4/C=C/2C)C3=O)C[C@]1(C)[N+](=O)[O-]. The van der Waals surface area contributed by atoms with E-state index in [1.54, 1.807) is 33.8 Å². The van der Waals surface area contributed by atoms with Gasteiger partial charge in [0.15, 0.2) is 43.2 Å². The molecule has 0 aromatic heterocycles. The van der Waals surface area contributed by atoms with Gasteiger partial charge in [-0.15, -0.1) is 0 Å². The van der Waals surface area contributed by atoms with Crippen LogP contribution in [0.15, 0.2) is 58.4 Å². The number of aldehydes is 1. The number of carbonyl (C=O) groups is 5. The van der Waals surface area contributed by atoms with Crippen molar-refractivity contribution in [2.75, 3.05) is 7.11 Å². The van der Waals surface area contributed by atoms with Gasteiger partial charge in [0.05, 0.1) is 86.6 Å². The largest absolute Gasteiger partial charge is 0.511 e. The van der Waals surface area contributed by atoms with Crippen LogP contribution in [0.25, 0.3) is 0 Å². The lowest BCUT2D eigenvalue weighted by Crippen LogP contribution is -2.65. The average molecular weight is 1310 g/mol. The lowest BCUT2D eigenvalue weighted by atomic mass is 9.49. The molecule has 6 heterocycles. The van der Waals surface area contributed by atoms with Crippen molar-refractivity contribution in [2.45, 2.75) is 281 Å². The Labute approximate surface area is 542 Å². The third kappa shape index (κ3) is 14.0. The van der Waals surface area contributed by atoms with E-state index in [-0.39, 0.29) is 43.1 Å². The third-order valence-electron chi connectivity index (χ3n) is 21.7. The predicted molar refractivity (Wildman–Crippen MR) is 325 cm³/mol. The number of nitrogens with zero attached hydrogens (tertiary/aromatic N) is 1. The Morgan fingerprint density at radius 3 is 2.01 bits per heavy atom. The van der Waals surface area contributed by atoms with Gasteiger partial charge in [-0.1, -0.05) is 50.6 Å². The number of aliphatic hydroxyl groups excluding tert-OH is 4. The number of esters is 2. The molecule has 0 aromatic carbocycles. The third-order valence-corrected chi connectivity index (χ3v) is 21.7. The number of amides is 1. The van der Waals surface area contributed by atoms with E-state index in [1.807, 2.05) is 39.8 Å². The molecule has 1 amide bonds. The van der Waals surface area contributed by atoms with E-state index >= 15 is 4.79 Å². The second kappa shape index (κ2) is 28.2.